The molecule has 0 aliphatic heterocycles. The minimum atomic E-state index is 0.421. The summed E-state index contributed by atoms with van der Waals surface area (Å²) in [6.45, 7) is 6.56. The SMILES string of the molecule is CC(C)(C)SP. The van der Waals surface area contributed by atoms with Crippen molar-refractivity contribution in [2.45, 2.75) is 25.5 Å². The number of hydrogen-bond donors (Lipinski definition) is 0. The Kier molecular flexibility index (Phi) is 2.47. The summed E-state index contributed by atoms with van der Waals surface area (Å²) in [7, 11) is 2.64. The first-order chi connectivity index (χ1) is 2.56. The van der Waals surface area contributed by atoms with Gasteiger partial charge in [0.2, 0.25) is 0 Å². The quantitative estimate of drug-likeness (QED) is 0.444. The normalized spacial score (nSPS) is 12.0. The lowest BCUT2D eigenvalue weighted by Gasteiger charge is -2.11. The minimum absolute atomic E-state index is 0.421. The molecule has 0 aliphatic rings. The van der Waals surface area contributed by atoms with Gasteiger partial charge in [-0.25, -0.2) is 0 Å². The van der Waals surface area contributed by atoms with Crippen LogP contribution in [0.4, 0.5) is 0 Å². The van der Waals surface area contributed by atoms with Crippen molar-refractivity contribution in [2.75, 3.05) is 0 Å². The maximum Gasteiger partial charge on any atom is 0.0111 e. The van der Waals surface area contributed by atoms with Crippen molar-refractivity contribution in [1.82, 2.24) is 0 Å². The van der Waals surface area contributed by atoms with Gasteiger partial charge in [-0.1, -0.05) is 29.2 Å². The van der Waals surface area contributed by atoms with Crippen LogP contribution in [0.1, 0.15) is 20.8 Å². The highest BCUT2D eigenvalue weighted by atomic mass is 32.7. The summed E-state index contributed by atoms with van der Waals surface area (Å²) in [6.07, 6.45) is 0. The first kappa shape index (κ1) is 6.78. The summed E-state index contributed by atoms with van der Waals surface area (Å²) >= 11 is 1.80. The molecular weight excluding hydrogens is 111 g/mol. The van der Waals surface area contributed by atoms with Gasteiger partial charge in [-0.3, -0.25) is 0 Å². The molecule has 2 heteroatoms. The molecule has 0 fully saturated rings. The smallest absolute Gasteiger partial charge is 0.0111 e. The lowest BCUT2D eigenvalue weighted by atomic mass is 10.3. The number of hydrogen-bond acceptors (Lipinski definition) is 1. The van der Waals surface area contributed by atoms with Gasteiger partial charge in [0.05, 0.1) is 0 Å². The van der Waals surface area contributed by atoms with Gasteiger partial charge >= 0.3 is 0 Å². The Hall–Kier alpha value is 0.780. The Balaban J connectivity index is 3.17. The Morgan fingerprint density at radius 2 is 1.50 bits per heavy atom. The van der Waals surface area contributed by atoms with E-state index >= 15 is 0 Å². The molecule has 38 valence electrons. The Morgan fingerprint density at radius 3 is 1.50 bits per heavy atom. The van der Waals surface area contributed by atoms with E-state index < -0.39 is 0 Å². The molecular formula is C4H11PS. The van der Waals surface area contributed by atoms with Crippen LogP contribution in [0.2, 0.25) is 0 Å². The molecule has 0 aromatic carbocycles. The summed E-state index contributed by atoms with van der Waals surface area (Å²) < 4.78 is 0.421. The van der Waals surface area contributed by atoms with E-state index in [-0.39, 0.29) is 0 Å². The third kappa shape index (κ3) is 4.78. The van der Waals surface area contributed by atoms with Crippen molar-refractivity contribution in [2.24, 2.45) is 0 Å². The molecule has 0 saturated carbocycles. The molecule has 0 aliphatic carbocycles. The van der Waals surface area contributed by atoms with Gasteiger partial charge in [0, 0.05) is 4.75 Å². The van der Waals surface area contributed by atoms with E-state index in [1.54, 1.807) is 11.4 Å². The minimum Gasteiger partial charge on any atom is -0.135 e. The second-order valence-electron chi connectivity index (χ2n) is 2.23. The molecule has 0 heterocycles. The number of rotatable bonds is 0. The predicted octanol–water partition coefficient (Wildman–Crippen LogP) is 2.31. The van der Waals surface area contributed by atoms with E-state index in [9.17, 15) is 0 Å². The van der Waals surface area contributed by atoms with Crippen LogP contribution in [0.25, 0.3) is 0 Å². The maximum absolute atomic E-state index is 2.64. The predicted molar refractivity (Wildman–Crippen MR) is 37.1 cm³/mol. The van der Waals surface area contributed by atoms with E-state index in [4.69, 9.17) is 0 Å². The molecule has 0 rings (SSSR count). The van der Waals surface area contributed by atoms with Gasteiger partial charge in [0.1, 0.15) is 0 Å². The van der Waals surface area contributed by atoms with E-state index in [1.807, 2.05) is 0 Å². The van der Waals surface area contributed by atoms with Crippen LogP contribution < -0.4 is 0 Å². The van der Waals surface area contributed by atoms with Gasteiger partial charge in [-0.2, -0.15) is 0 Å². The molecule has 1 atom stereocenters. The van der Waals surface area contributed by atoms with Crippen molar-refractivity contribution in [3.05, 3.63) is 0 Å². The van der Waals surface area contributed by atoms with Crippen LogP contribution in [0, 0.1) is 0 Å². The van der Waals surface area contributed by atoms with Crippen molar-refractivity contribution in [3.8, 4) is 0 Å². The van der Waals surface area contributed by atoms with Gasteiger partial charge < -0.3 is 0 Å². The summed E-state index contributed by atoms with van der Waals surface area (Å²) in [5, 5.41) is 0. The first-order valence-corrected chi connectivity index (χ1v) is 4.23. The third-order valence-electron chi connectivity index (χ3n) is 0.354. The fourth-order valence-electron chi connectivity index (χ4n) is 0. The highest BCUT2D eigenvalue weighted by Crippen LogP contribution is 2.28. The monoisotopic (exact) mass is 122 g/mol. The van der Waals surface area contributed by atoms with Crippen molar-refractivity contribution >= 4 is 19.8 Å². The second kappa shape index (κ2) is 2.18. The zero-order valence-electron chi connectivity index (χ0n) is 4.49. The summed E-state index contributed by atoms with van der Waals surface area (Å²) in [5.74, 6) is 0. The molecule has 0 bridgehead atoms. The molecule has 0 spiro atoms. The Bertz CT molecular complexity index is 37.3. The van der Waals surface area contributed by atoms with Crippen LogP contribution in [-0.2, 0) is 0 Å². The van der Waals surface area contributed by atoms with Gasteiger partial charge in [0.15, 0.2) is 0 Å². The van der Waals surface area contributed by atoms with Crippen molar-refractivity contribution < 1.29 is 0 Å². The molecule has 6 heavy (non-hydrogen) atoms. The van der Waals surface area contributed by atoms with E-state index in [0.29, 0.717) is 4.75 Å². The highest BCUT2D eigenvalue weighted by molar-refractivity contribution is 8.44. The zero-order valence-corrected chi connectivity index (χ0v) is 6.46. The molecule has 0 radical (unpaired) electrons. The van der Waals surface area contributed by atoms with Crippen molar-refractivity contribution in [3.63, 3.8) is 0 Å². The second-order valence-corrected chi connectivity index (χ2v) is 4.40. The van der Waals surface area contributed by atoms with Gasteiger partial charge in [-0.05, 0) is 0 Å². The fourth-order valence-corrected chi connectivity index (χ4v) is 0. The molecule has 1 unspecified atom stereocenters. The molecule has 0 aromatic rings. The van der Waals surface area contributed by atoms with Gasteiger partial charge in [-0.15, -0.1) is 11.4 Å². The van der Waals surface area contributed by atoms with Crippen LogP contribution in [0.5, 0.6) is 0 Å². The topological polar surface area (TPSA) is 0 Å². The average molecular weight is 122 g/mol. The zero-order chi connectivity index (χ0) is 5.21. The standard InChI is InChI=1S/C4H11PS/c1-4(2,3)6-5/h5H2,1-3H3. The molecule has 0 nitrogen and oxygen atoms in total. The van der Waals surface area contributed by atoms with Crippen LogP contribution in [0.15, 0.2) is 0 Å². The van der Waals surface area contributed by atoms with Crippen molar-refractivity contribution in [1.29, 1.82) is 0 Å². The van der Waals surface area contributed by atoms with E-state index in [2.05, 4.69) is 29.2 Å². The molecule has 0 N–H and O–H groups in total. The van der Waals surface area contributed by atoms with Gasteiger partial charge in [0.25, 0.3) is 0 Å². The first-order valence-electron chi connectivity index (χ1n) is 1.94. The molecule has 0 aromatic heterocycles. The largest absolute Gasteiger partial charge is 0.135 e. The summed E-state index contributed by atoms with van der Waals surface area (Å²) in [4.78, 5) is 0. The third-order valence-corrected chi connectivity index (χ3v) is 3.18. The van der Waals surface area contributed by atoms with Crippen LogP contribution >= 0.6 is 19.8 Å². The highest BCUT2D eigenvalue weighted by Gasteiger charge is 2.04. The van der Waals surface area contributed by atoms with Crippen LogP contribution in [0.3, 0.4) is 0 Å². The Labute approximate surface area is 46.0 Å². The lowest BCUT2D eigenvalue weighted by molar-refractivity contribution is 0.810. The molecule has 0 saturated heterocycles. The van der Waals surface area contributed by atoms with E-state index in [0.717, 1.165) is 0 Å². The average Bonchev–Trinajstić information content (AvgIpc) is 1.35. The van der Waals surface area contributed by atoms with E-state index in [1.165, 1.54) is 0 Å². The lowest BCUT2D eigenvalue weighted by Crippen LogP contribution is -2.02. The Morgan fingerprint density at radius 1 is 1.33 bits per heavy atom. The molecule has 0 amide bonds. The fraction of sp³-hybridized carbons (Fsp3) is 1.00. The summed E-state index contributed by atoms with van der Waals surface area (Å²) in [6, 6.07) is 0. The summed E-state index contributed by atoms with van der Waals surface area (Å²) in [5.41, 5.74) is 0. The maximum atomic E-state index is 2.64. The van der Waals surface area contributed by atoms with Crippen LogP contribution in [-0.4, -0.2) is 4.75 Å².